The standard InChI is InChI=1S/C11H12BrN3OS/c1-7-8(12)4-5-9(10(7)16-2)15-11(17-3)14-6-13/h4-5H,1-3H3,(H,14,15). The summed E-state index contributed by atoms with van der Waals surface area (Å²) in [6.07, 6.45) is 3.70. The molecular weight excluding hydrogens is 302 g/mol. The van der Waals surface area contributed by atoms with E-state index in [1.54, 1.807) is 7.11 Å². The van der Waals surface area contributed by atoms with Gasteiger partial charge in [-0.3, -0.25) is 5.32 Å². The number of nitriles is 1. The maximum absolute atomic E-state index is 8.58. The molecule has 1 rings (SSSR count). The smallest absolute Gasteiger partial charge is 0.183 e. The summed E-state index contributed by atoms with van der Waals surface area (Å²) >= 11 is 4.80. The van der Waals surface area contributed by atoms with E-state index in [0.29, 0.717) is 16.6 Å². The van der Waals surface area contributed by atoms with Crippen molar-refractivity contribution in [2.75, 3.05) is 13.4 Å². The first-order chi connectivity index (χ1) is 8.13. The highest BCUT2D eigenvalue weighted by Crippen LogP contribution is 2.35. The molecule has 0 saturated heterocycles. The first-order valence-electron chi connectivity index (χ1n) is 4.75. The Morgan fingerprint density at radius 3 is 2.82 bits per heavy atom. The van der Waals surface area contributed by atoms with E-state index in [0.717, 1.165) is 10.0 Å². The van der Waals surface area contributed by atoms with Gasteiger partial charge in [0.2, 0.25) is 0 Å². The van der Waals surface area contributed by atoms with Crippen LogP contribution in [-0.2, 0) is 0 Å². The molecule has 17 heavy (non-hydrogen) atoms. The number of rotatable bonds is 2. The third-order valence-electron chi connectivity index (χ3n) is 2.10. The molecule has 0 amide bonds. The Balaban J connectivity index is 3.23. The van der Waals surface area contributed by atoms with Gasteiger partial charge in [-0.05, 0) is 25.3 Å². The summed E-state index contributed by atoms with van der Waals surface area (Å²) in [7, 11) is 1.60. The summed E-state index contributed by atoms with van der Waals surface area (Å²) in [6, 6.07) is 3.74. The number of aliphatic imine (C=N–C) groups is 1. The van der Waals surface area contributed by atoms with E-state index in [1.807, 2.05) is 31.5 Å². The third-order valence-corrected chi connectivity index (χ3v) is 3.54. The number of methoxy groups -OCH3 is 1. The Labute approximate surface area is 113 Å². The summed E-state index contributed by atoms with van der Waals surface area (Å²) in [5.41, 5.74) is 1.67. The molecule has 1 aromatic carbocycles. The number of thioether (sulfide) groups is 1. The summed E-state index contributed by atoms with van der Waals surface area (Å²) in [5, 5.41) is 11.6. The van der Waals surface area contributed by atoms with E-state index in [1.165, 1.54) is 11.8 Å². The number of amidine groups is 1. The van der Waals surface area contributed by atoms with Crippen molar-refractivity contribution in [1.29, 1.82) is 5.26 Å². The van der Waals surface area contributed by atoms with Crippen LogP contribution in [0.15, 0.2) is 21.6 Å². The highest BCUT2D eigenvalue weighted by atomic mass is 79.9. The minimum atomic E-state index is 0.535. The average molecular weight is 314 g/mol. The van der Waals surface area contributed by atoms with Crippen LogP contribution in [0.1, 0.15) is 5.56 Å². The highest BCUT2D eigenvalue weighted by molar-refractivity contribution is 9.10. The van der Waals surface area contributed by atoms with Crippen molar-refractivity contribution in [3.63, 3.8) is 0 Å². The number of hydrogen-bond acceptors (Lipinski definition) is 4. The van der Waals surface area contributed by atoms with Crippen LogP contribution in [0.5, 0.6) is 5.75 Å². The molecule has 1 aromatic rings. The molecule has 0 heterocycles. The molecular formula is C11H12BrN3OS. The summed E-state index contributed by atoms with van der Waals surface area (Å²) in [6.45, 7) is 1.94. The lowest BCUT2D eigenvalue weighted by atomic mass is 10.2. The maximum atomic E-state index is 8.58. The van der Waals surface area contributed by atoms with Crippen LogP contribution in [0.4, 0.5) is 5.69 Å². The number of hydrogen-bond donors (Lipinski definition) is 1. The lowest BCUT2D eigenvalue weighted by Crippen LogP contribution is -2.12. The second-order valence-electron chi connectivity index (χ2n) is 3.08. The molecule has 90 valence electrons. The summed E-state index contributed by atoms with van der Waals surface area (Å²) in [5.74, 6) is 0.700. The number of nitrogens with one attached hydrogen (secondary N) is 1. The van der Waals surface area contributed by atoms with Gasteiger partial charge in [0.1, 0.15) is 11.4 Å². The van der Waals surface area contributed by atoms with E-state index in [2.05, 4.69) is 26.2 Å². The summed E-state index contributed by atoms with van der Waals surface area (Å²) < 4.78 is 6.29. The molecule has 4 nitrogen and oxygen atoms in total. The minimum Gasteiger partial charge on any atom is -0.494 e. The fourth-order valence-electron chi connectivity index (χ4n) is 1.28. The minimum absolute atomic E-state index is 0.535. The van der Waals surface area contributed by atoms with Gasteiger partial charge in [0, 0.05) is 10.0 Å². The van der Waals surface area contributed by atoms with Crippen molar-refractivity contribution in [1.82, 2.24) is 5.32 Å². The molecule has 0 aliphatic rings. The topological polar surface area (TPSA) is 57.4 Å². The van der Waals surface area contributed by atoms with E-state index in [4.69, 9.17) is 10.00 Å². The van der Waals surface area contributed by atoms with Gasteiger partial charge in [-0.1, -0.05) is 27.7 Å². The summed E-state index contributed by atoms with van der Waals surface area (Å²) in [4.78, 5) is 4.34. The van der Waals surface area contributed by atoms with Crippen molar-refractivity contribution in [2.24, 2.45) is 4.99 Å². The molecule has 0 aliphatic carbocycles. The molecule has 0 fully saturated rings. The maximum Gasteiger partial charge on any atom is 0.183 e. The van der Waals surface area contributed by atoms with Crippen LogP contribution in [-0.4, -0.2) is 18.5 Å². The van der Waals surface area contributed by atoms with Crippen LogP contribution >= 0.6 is 27.7 Å². The van der Waals surface area contributed by atoms with Crippen LogP contribution in [0.2, 0.25) is 0 Å². The van der Waals surface area contributed by atoms with Crippen LogP contribution in [0.25, 0.3) is 0 Å². The quantitative estimate of drug-likeness (QED) is 0.394. The molecule has 0 spiro atoms. The zero-order valence-electron chi connectivity index (χ0n) is 9.74. The van der Waals surface area contributed by atoms with E-state index >= 15 is 0 Å². The normalized spacial score (nSPS) is 10.9. The Morgan fingerprint density at radius 2 is 2.29 bits per heavy atom. The van der Waals surface area contributed by atoms with Crippen molar-refractivity contribution in [2.45, 2.75) is 6.92 Å². The molecule has 0 aromatic heterocycles. The van der Waals surface area contributed by atoms with E-state index in [9.17, 15) is 0 Å². The Bertz CT molecular complexity index is 482. The van der Waals surface area contributed by atoms with Crippen molar-refractivity contribution in [3.8, 4) is 11.9 Å². The average Bonchev–Trinajstić information content (AvgIpc) is 2.33. The van der Waals surface area contributed by atoms with Crippen molar-refractivity contribution < 1.29 is 4.74 Å². The largest absolute Gasteiger partial charge is 0.494 e. The number of benzene rings is 1. The van der Waals surface area contributed by atoms with Gasteiger partial charge in [0.05, 0.1) is 7.11 Å². The Hall–Kier alpha value is -1.19. The monoisotopic (exact) mass is 313 g/mol. The molecule has 1 N–H and O–H groups in total. The highest BCUT2D eigenvalue weighted by Gasteiger charge is 2.09. The fraction of sp³-hybridized carbons (Fsp3) is 0.273. The van der Waals surface area contributed by atoms with Gasteiger partial charge in [-0.15, -0.1) is 0 Å². The molecule has 0 bridgehead atoms. The molecule has 0 unspecified atom stereocenters. The number of nitrogens with zero attached hydrogens (tertiary/aromatic N) is 2. The second-order valence-corrected chi connectivity index (χ2v) is 4.73. The molecule has 0 atom stereocenters. The van der Waals surface area contributed by atoms with Crippen molar-refractivity contribution >= 4 is 38.5 Å². The Morgan fingerprint density at radius 1 is 1.59 bits per heavy atom. The molecule has 0 radical (unpaired) electrons. The SMILES string of the molecule is COc1c(N=C(NC#N)SC)ccc(Br)c1C. The van der Waals surface area contributed by atoms with Crippen LogP contribution in [0, 0.1) is 18.4 Å². The predicted molar refractivity (Wildman–Crippen MR) is 74.8 cm³/mol. The number of halogens is 1. The Kier molecular flexibility index (Phi) is 5.32. The van der Waals surface area contributed by atoms with Crippen LogP contribution < -0.4 is 10.1 Å². The first-order valence-corrected chi connectivity index (χ1v) is 6.76. The van der Waals surface area contributed by atoms with E-state index < -0.39 is 0 Å². The van der Waals surface area contributed by atoms with Crippen molar-refractivity contribution in [3.05, 3.63) is 22.2 Å². The first kappa shape index (κ1) is 13.9. The van der Waals surface area contributed by atoms with E-state index in [-0.39, 0.29) is 0 Å². The van der Waals surface area contributed by atoms with Gasteiger partial charge >= 0.3 is 0 Å². The zero-order valence-corrected chi connectivity index (χ0v) is 12.1. The molecule has 0 saturated carbocycles. The molecule has 0 aliphatic heterocycles. The van der Waals surface area contributed by atoms with Gasteiger partial charge in [0.15, 0.2) is 11.4 Å². The zero-order chi connectivity index (χ0) is 12.8. The predicted octanol–water partition coefficient (Wildman–Crippen LogP) is 3.19. The fourth-order valence-corrected chi connectivity index (χ4v) is 1.93. The lowest BCUT2D eigenvalue weighted by molar-refractivity contribution is 0.413. The third kappa shape index (κ3) is 3.38. The molecule has 6 heteroatoms. The van der Waals surface area contributed by atoms with Gasteiger partial charge in [-0.2, -0.15) is 5.26 Å². The van der Waals surface area contributed by atoms with Gasteiger partial charge < -0.3 is 4.74 Å². The van der Waals surface area contributed by atoms with Crippen LogP contribution in [0.3, 0.4) is 0 Å². The second kappa shape index (κ2) is 6.52. The lowest BCUT2D eigenvalue weighted by Gasteiger charge is -2.10. The number of ether oxygens (including phenoxy) is 1. The van der Waals surface area contributed by atoms with Gasteiger partial charge in [-0.25, -0.2) is 4.99 Å². The van der Waals surface area contributed by atoms with Gasteiger partial charge in [0.25, 0.3) is 0 Å².